The number of fused-ring (bicyclic) bond motifs is 2. The van der Waals surface area contributed by atoms with Crippen LogP contribution in [0.1, 0.15) is 28.3 Å². The van der Waals surface area contributed by atoms with Gasteiger partial charge in [0.1, 0.15) is 0 Å². The summed E-state index contributed by atoms with van der Waals surface area (Å²) < 4.78 is 2.26. The average Bonchev–Trinajstić information content (AvgIpc) is 3.04. The van der Waals surface area contributed by atoms with E-state index in [0.717, 1.165) is 13.0 Å². The molecule has 2 heteroatoms. The summed E-state index contributed by atoms with van der Waals surface area (Å²) in [6.07, 6.45) is 3.41. The van der Waals surface area contributed by atoms with E-state index in [4.69, 9.17) is 0 Å². The highest BCUT2D eigenvalue weighted by Gasteiger charge is 2.30. The van der Waals surface area contributed by atoms with E-state index in [-0.39, 0.29) is 6.04 Å². The largest absolute Gasteiger partial charge is 0.360 e. The molecule has 2 heterocycles. The first-order chi connectivity index (χ1) is 13.2. The molecule has 0 aliphatic carbocycles. The fourth-order valence-electron chi connectivity index (χ4n) is 4.51. The molecule has 0 radical (unpaired) electrons. The highest BCUT2D eigenvalue weighted by atomic mass is 15.2. The van der Waals surface area contributed by atoms with E-state index in [1.807, 2.05) is 0 Å². The number of para-hydroxylation sites is 1. The van der Waals surface area contributed by atoms with Crippen LogP contribution in [0.15, 0.2) is 79.0 Å². The minimum atomic E-state index is 0.240. The van der Waals surface area contributed by atoms with Crippen molar-refractivity contribution < 1.29 is 0 Å². The fraction of sp³-hybridized carbons (Fsp3) is 0.200. The monoisotopic (exact) mass is 352 g/mol. The van der Waals surface area contributed by atoms with Crippen LogP contribution in [0.25, 0.3) is 10.9 Å². The summed E-state index contributed by atoms with van der Waals surface area (Å²) >= 11 is 0. The van der Waals surface area contributed by atoms with E-state index in [1.165, 1.54) is 38.8 Å². The van der Waals surface area contributed by atoms with Gasteiger partial charge in [-0.15, -0.1) is 0 Å². The van der Waals surface area contributed by atoms with Crippen LogP contribution >= 0.6 is 0 Å². The van der Waals surface area contributed by atoms with E-state index in [9.17, 15) is 0 Å². The maximum Gasteiger partial charge on any atom is 0.0819 e. The summed E-state index contributed by atoms with van der Waals surface area (Å²) in [5.74, 6) is 0. The van der Waals surface area contributed by atoms with Crippen molar-refractivity contribution in [2.45, 2.75) is 19.4 Å². The Morgan fingerprint density at radius 3 is 2.41 bits per heavy atom. The van der Waals surface area contributed by atoms with Gasteiger partial charge in [0, 0.05) is 41.9 Å². The lowest BCUT2D eigenvalue weighted by Gasteiger charge is -2.39. The average molecular weight is 352 g/mol. The van der Waals surface area contributed by atoms with Crippen molar-refractivity contribution in [3.8, 4) is 0 Å². The van der Waals surface area contributed by atoms with E-state index >= 15 is 0 Å². The molecule has 3 aromatic carbocycles. The molecule has 2 nitrogen and oxygen atoms in total. The topological polar surface area (TPSA) is 8.17 Å². The molecule has 5 rings (SSSR count). The third-order valence-corrected chi connectivity index (χ3v) is 5.87. The molecule has 1 aliphatic rings. The molecule has 1 atom stereocenters. The number of rotatable bonds is 2. The van der Waals surface area contributed by atoms with Crippen LogP contribution in [-0.4, -0.2) is 11.1 Å². The van der Waals surface area contributed by atoms with Crippen molar-refractivity contribution in [3.63, 3.8) is 0 Å². The van der Waals surface area contributed by atoms with Crippen molar-refractivity contribution in [2.75, 3.05) is 11.4 Å². The highest BCUT2D eigenvalue weighted by Crippen LogP contribution is 2.41. The maximum absolute atomic E-state index is 2.57. The summed E-state index contributed by atoms with van der Waals surface area (Å²) in [7, 11) is 2.15. The summed E-state index contributed by atoms with van der Waals surface area (Å²) in [5, 5.41) is 1.35. The molecule has 4 aromatic rings. The second-order valence-corrected chi connectivity index (χ2v) is 7.59. The van der Waals surface area contributed by atoms with Crippen molar-refractivity contribution in [1.29, 1.82) is 0 Å². The fourth-order valence-corrected chi connectivity index (χ4v) is 4.51. The number of anilines is 1. The molecular formula is C25H24N2. The Balaban J connectivity index is 1.74. The third-order valence-electron chi connectivity index (χ3n) is 5.87. The maximum atomic E-state index is 2.57. The third kappa shape index (κ3) is 2.64. The summed E-state index contributed by atoms with van der Waals surface area (Å²) in [4.78, 5) is 2.57. The van der Waals surface area contributed by atoms with Gasteiger partial charge >= 0.3 is 0 Å². The number of hydrogen-bond acceptors (Lipinski definition) is 1. The molecule has 0 fully saturated rings. The first-order valence-corrected chi connectivity index (χ1v) is 9.67. The van der Waals surface area contributed by atoms with Gasteiger partial charge in [-0.1, -0.05) is 60.2 Å². The van der Waals surface area contributed by atoms with Crippen molar-refractivity contribution >= 4 is 16.6 Å². The van der Waals surface area contributed by atoms with Crippen LogP contribution in [0.4, 0.5) is 5.69 Å². The molecule has 0 bridgehead atoms. The van der Waals surface area contributed by atoms with Crippen molar-refractivity contribution in [2.24, 2.45) is 7.05 Å². The molecule has 134 valence electrons. The molecule has 1 aromatic heterocycles. The van der Waals surface area contributed by atoms with E-state index < -0.39 is 0 Å². The minimum Gasteiger partial charge on any atom is -0.360 e. The quantitative estimate of drug-likeness (QED) is 0.453. The first-order valence-electron chi connectivity index (χ1n) is 9.67. The summed E-state index contributed by atoms with van der Waals surface area (Å²) in [5.41, 5.74) is 8.19. The highest BCUT2D eigenvalue weighted by molar-refractivity contribution is 5.85. The van der Waals surface area contributed by atoms with Gasteiger partial charge in [0.25, 0.3) is 0 Å². The zero-order valence-corrected chi connectivity index (χ0v) is 15.9. The van der Waals surface area contributed by atoms with E-state index in [0.29, 0.717) is 0 Å². The molecule has 0 N–H and O–H groups in total. The molecule has 1 aliphatic heterocycles. The van der Waals surface area contributed by atoms with Crippen LogP contribution < -0.4 is 4.90 Å². The lowest BCUT2D eigenvalue weighted by molar-refractivity contribution is 0.654. The van der Waals surface area contributed by atoms with Crippen LogP contribution in [0.3, 0.4) is 0 Å². The minimum absolute atomic E-state index is 0.240. The zero-order chi connectivity index (χ0) is 18.4. The van der Waals surface area contributed by atoms with Gasteiger partial charge in [0.15, 0.2) is 0 Å². The van der Waals surface area contributed by atoms with Gasteiger partial charge in [0.2, 0.25) is 0 Å². The smallest absolute Gasteiger partial charge is 0.0819 e. The lowest BCUT2D eigenvalue weighted by Crippen LogP contribution is -2.36. The second-order valence-electron chi connectivity index (χ2n) is 7.59. The number of nitrogens with zero attached hydrogens (tertiary/aromatic N) is 2. The van der Waals surface area contributed by atoms with E-state index in [1.54, 1.807) is 0 Å². The van der Waals surface area contributed by atoms with Crippen LogP contribution in [0.5, 0.6) is 0 Å². The molecule has 1 unspecified atom stereocenters. The van der Waals surface area contributed by atoms with Gasteiger partial charge < -0.3 is 9.47 Å². The number of benzene rings is 3. The van der Waals surface area contributed by atoms with Crippen LogP contribution in [0.2, 0.25) is 0 Å². The molecule has 0 spiro atoms. The Bertz CT molecular complexity index is 1100. The van der Waals surface area contributed by atoms with Gasteiger partial charge in [-0.25, -0.2) is 0 Å². The Hall–Kier alpha value is -3.00. The van der Waals surface area contributed by atoms with Gasteiger partial charge in [-0.05, 0) is 42.7 Å². The number of hydrogen-bond donors (Lipinski definition) is 0. The standard InChI is InChI=1S/C25H24N2/c1-18-11-13-20(14-12-18)27-16-15-19-7-3-4-8-21(19)25(27)23-17-26(2)24-10-6-5-9-22(23)24/h3-14,17,25H,15-16H2,1-2H3. The molecule has 0 saturated carbocycles. The molecule has 0 amide bonds. The second kappa shape index (κ2) is 6.31. The number of aryl methyl sites for hydroxylation is 2. The lowest BCUT2D eigenvalue weighted by atomic mass is 9.87. The van der Waals surface area contributed by atoms with Crippen molar-refractivity contribution in [3.05, 3.63) is 101 Å². The SMILES string of the molecule is Cc1ccc(N2CCc3ccccc3C2c2cn(C)c3ccccc23)cc1. The molecular weight excluding hydrogens is 328 g/mol. The predicted octanol–water partition coefficient (Wildman–Crippen LogP) is 5.64. The van der Waals surface area contributed by atoms with Gasteiger partial charge in [0.05, 0.1) is 6.04 Å². The van der Waals surface area contributed by atoms with Crippen LogP contribution in [0, 0.1) is 6.92 Å². The Morgan fingerprint density at radius 1 is 0.815 bits per heavy atom. The first kappa shape index (κ1) is 16.2. The Kier molecular flexibility index (Phi) is 3.78. The normalized spacial score (nSPS) is 16.5. The molecule has 0 saturated heterocycles. The zero-order valence-electron chi connectivity index (χ0n) is 15.9. The predicted molar refractivity (Wildman–Crippen MR) is 113 cm³/mol. The van der Waals surface area contributed by atoms with Gasteiger partial charge in [-0.3, -0.25) is 0 Å². The Labute approximate surface area is 160 Å². The van der Waals surface area contributed by atoms with E-state index in [2.05, 4.69) is 102 Å². The number of aromatic nitrogens is 1. The van der Waals surface area contributed by atoms with Crippen molar-refractivity contribution in [1.82, 2.24) is 4.57 Å². The Morgan fingerprint density at radius 2 is 1.56 bits per heavy atom. The summed E-state index contributed by atoms with van der Waals surface area (Å²) in [6.45, 7) is 3.19. The summed E-state index contributed by atoms with van der Waals surface area (Å²) in [6, 6.07) is 26.9. The van der Waals surface area contributed by atoms with Gasteiger partial charge in [-0.2, -0.15) is 0 Å². The molecule has 27 heavy (non-hydrogen) atoms. The van der Waals surface area contributed by atoms with Crippen LogP contribution in [-0.2, 0) is 13.5 Å².